The van der Waals surface area contributed by atoms with Gasteiger partial charge in [0.2, 0.25) is 5.91 Å². The molecule has 2 N–H and O–H groups in total. The van der Waals surface area contributed by atoms with Gasteiger partial charge in [-0.25, -0.2) is 0 Å². The minimum absolute atomic E-state index is 0.330. The van der Waals surface area contributed by atoms with Crippen molar-refractivity contribution >= 4 is 11.9 Å². The van der Waals surface area contributed by atoms with Gasteiger partial charge in [-0.2, -0.15) is 0 Å². The number of amides is 1. The zero-order valence-electron chi connectivity index (χ0n) is 6.78. The Labute approximate surface area is 70.4 Å². The second-order valence-electron chi connectivity index (χ2n) is 2.80. The molecule has 0 saturated carbocycles. The van der Waals surface area contributed by atoms with Crippen molar-refractivity contribution in [3.63, 3.8) is 0 Å². The average molecular weight is 172 g/mol. The van der Waals surface area contributed by atoms with Crippen LogP contribution in [0.5, 0.6) is 0 Å². The Balaban J connectivity index is 2.34. The van der Waals surface area contributed by atoms with E-state index in [9.17, 15) is 14.7 Å². The summed E-state index contributed by atoms with van der Waals surface area (Å²) in [7, 11) is 0. The van der Waals surface area contributed by atoms with E-state index >= 15 is 0 Å². The summed E-state index contributed by atoms with van der Waals surface area (Å²) in [5.41, 5.74) is 0. The van der Waals surface area contributed by atoms with E-state index in [1.807, 2.05) is 0 Å². The van der Waals surface area contributed by atoms with Crippen molar-refractivity contribution in [1.29, 1.82) is 0 Å². The molecule has 0 spiro atoms. The molecule has 1 rings (SSSR count). The number of carboxylic acids is 1. The molecule has 1 fully saturated rings. The van der Waals surface area contributed by atoms with E-state index in [1.54, 1.807) is 4.90 Å². The first kappa shape index (κ1) is 8.99. The summed E-state index contributed by atoms with van der Waals surface area (Å²) in [4.78, 5) is 22.8. The average Bonchev–Trinajstić information content (AvgIpc) is 2.05. The van der Waals surface area contributed by atoms with Crippen molar-refractivity contribution in [1.82, 2.24) is 4.90 Å². The molecular formula is C7H12N2O3. The van der Waals surface area contributed by atoms with E-state index in [-0.39, 0.29) is 5.91 Å². The van der Waals surface area contributed by atoms with Crippen LogP contribution in [0.4, 0.5) is 0 Å². The maximum Gasteiger partial charge on any atom is 0.228 e. The van der Waals surface area contributed by atoms with Gasteiger partial charge < -0.3 is 20.1 Å². The third-order valence-electron chi connectivity index (χ3n) is 1.85. The summed E-state index contributed by atoms with van der Waals surface area (Å²) < 4.78 is 0. The number of carbonyl (C=O) groups is 2. The molecule has 1 amide bonds. The Hall–Kier alpha value is -1.10. The van der Waals surface area contributed by atoms with Crippen LogP contribution in [0.15, 0.2) is 0 Å². The molecule has 1 aliphatic rings. The van der Waals surface area contributed by atoms with Crippen LogP contribution in [-0.4, -0.2) is 43.0 Å². The summed E-state index contributed by atoms with van der Waals surface area (Å²) in [5, 5.41) is 12.2. The lowest BCUT2D eigenvalue weighted by Crippen LogP contribution is -2.89. The van der Waals surface area contributed by atoms with E-state index in [0.29, 0.717) is 13.1 Å². The number of aliphatic carboxylic acids is 1. The topological polar surface area (TPSA) is 77.0 Å². The molecule has 12 heavy (non-hydrogen) atoms. The predicted octanol–water partition coefficient (Wildman–Crippen LogP) is -3.47. The Morgan fingerprint density at radius 3 is 2.42 bits per heavy atom. The molecule has 5 nitrogen and oxygen atoms in total. The van der Waals surface area contributed by atoms with Crippen LogP contribution in [0.2, 0.25) is 0 Å². The molecule has 0 unspecified atom stereocenters. The standard InChI is InChI=1S/C7H12N2O3/c10-6(5-7(11)12)9-3-1-8-2-4-9/h8H,1-5H2,(H,11,12). The van der Waals surface area contributed by atoms with Gasteiger partial charge >= 0.3 is 0 Å². The summed E-state index contributed by atoms with van der Waals surface area (Å²) in [5.74, 6) is -1.63. The van der Waals surface area contributed by atoms with Crippen LogP contribution in [0.25, 0.3) is 0 Å². The van der Waals surface area contributed by atoms with E-state index in [2.05, 4.69) is 5.32 Å². The van der Waals surface area contributed by atoms with Gasteiger partial charge in [-0.05, 0) is 0 Å². The lowest BCUT2D eigenvalue weighted by molar-refractivity contribution is -0.662. The first-order valence-electron chi connectivity index (χ1n) is 3.99. The van der Waals surface area contributed by atoms with Crippen LogP contribution in [0.3, 0.4) is 0 Å². The fourth-order valence-electron chi connectivity index (χ4n) is 1.24. The maximum absolute atomic E-state index is 11.1. The van der Waals surface area contributed by atoms with Gasteiger partial charge in [0, 0.05) is 0 Å². The molecule has 0 atom stereocenters. The van der Waals surface area contributed by atoms with Crippen molar-refractivity contribution < 1.29 is 20.0 Å². The molecule has 0 bridgehead atoms. The number of rotatable bonds is 2. The monoisotopic (exact) mass is 172 g/mol. The lowest BCUT2D eigenvalue weighted by atomic mass is 10.3. The number of nitrogens with two attached hydrogens (primary N) is 1. The molecule has 1 aliphatic heterocycles. The minimum Gasteiger partial charge on any atom is -0.550 e. The van der Waals surface area contributed by atoms with Gasteiger partial charge in [-0.3, -0.25) is 4.79 Å². The summed E-state index contributed by atoms with van der Waals surface area (Å²) in [6.45, 7) is 3.01. The molecular weight excluding hydrogens is 160 g/mol. The van der Waals surface area contributed by atoms with E-state index in [1.165, 1.54) is 0 Å². The Kier molecular flexibility index (Phi) is 3.04. The van der Waals surface area contributed by atoms with Gasteiger partial charge in [0.15, 0.2) is 0 Å². The van der Waals surface area contributed by atoms with Crippen molar-refractivity contribution in [2.75, 3.05) is 26.2 Å². The highest BCUT2D eigenvalue weighted by molar-refractivity contribution is 5.92. The highest BCUT2D eigenvalue weighted by Crippen LogP contribution is 1.93. The molecule has 0 aromatic rings. The van der Waals surface area contributed by atoms with Gasteiger partial charge in [0.25, 0.3) is 0 Å². The number of piperazine rings is 1. The largest absolute Gasteiger partial charge is 0.550 e. The van der Waals surface area contributed by atoms with Gasteiger partial charge in [0.1, 0.15) is 0 Å². The van der Waals surface area contributed by atoms with Crippen molar-refractivity contribution in [3.8, 4) is 0 Å². The Bertz CT molecular complexity index is 187. The van der Waals surface area contributed by atoms with Crippen LogP contribution in [-0.2, 0) is 9.59 Å². The fourth-order valence-corrected chi connectivity index (χ4v) is 1.24. The number of carbonyl (C=O) groups excluding carboxylic acids is 2. The summed E-state index contributed by atoms with van der Waals surface area (Å²) >= 11 is 0. The van der Waals surface area contributed by atoms with Gasteiger partial charge in [0.05, 0.1) is 38.6 Å². The molecule has 1 saturated heterocycles. The number of quaternary nitrogens is 1. The number of hydrogen-bond donors (Lipinski definition) is 1. The quantitative estimate of drug-likeness (QED) is 0.440. The van der Waals surface area contributed by atoms with Crippen LogP contribution < -0.4 is 10.4 Å². The third-order valence-corrected chi connectivity index (χ3v) is 1.85. The Morgan fingerprint density at radius 2 is 1.92 bits per heavy atom. The van der Waals surface area contributed by atoms with E-state index in [4.69, 9.17) is 0 Å². The normalized spacial score (nSPS) is 17.5. The SMILES string of the molecule is O=C([O-])CC(=O)N1CC[NH2+]CC1. The van der Waals surface area contributed by atoms with Crippen molar-refractivity contribution in [2.45, 2.75) is 6.42 Å². The number of hydrogen-bond acceptors (Lipinski definition) is 3. The van der Waals surface area contributed by atoms with Crippen LogP contribution >= 0.6 is 0 Å². The predicted molar refractivity (Wildman–Crippen MR) is 37.9 cm³/mol. The first-order valence-corrected chi connectivity index (χ1v) is 3.99. The smallest absolute Gasteiger partial charge is 0.228 e. The highest BCUT2D eigenvalue weighted by atomic mass is 16.4. The van der Waals surface area contributed by atoms with E-state index in [0.717, 1.165) is 13.1 Å². The molecule has 5 heteroatoms. The number of nitrogens with zero attached hydrogens (tertiary/aromatic N) is 1. The fraction of sp³-hybridized carbons (Fsp3) is 0.714. The highest BCUT2D eigenvalue weighted by Gasteiger charge is 2.17. The van der Waals surface area contributed by atoms with Crippen LogP contribution in [0.1, 0.15) is 6.42 Å². The van der Waals surface area contributed by atoms with Crippen LogP contribution in [0, 0.1) is 0 Å². The molecule has 0 radical (unpaired) electrons. The maximum atomic E-state index is 11.1. The molecule has 0 aliphatic carbocycles. The van der Waals surface area contributed by atoms with E-state index < -0.39 is 12.4 Å². The molecule has 1 heterocycles. The second kappa shape index (κ2) is 4.06. The van der Waals surface area contributed by atoms with Crippen molar-refractivity contribution in [3.05, 3.63) is 0 Å². The molecule has 0 aromatic carbocycles. The van der Waals surface area contributed by atoms with Crippen molar-refractivity contribution in [2.24, 2.45) is 0 Å². The summed E-state index contributed by atoms with van der Waals surface area (Å²) in [6, 6.07) is 0. The third kappa shape index (κ3) is 2.50. The Morgan fingerprint density at radius 1 is 1.33 bits per heavy atom. The lowest BCUT2D eigenvalue weighted by Gasteiger charge is -2.25. The minimum atomic E-state index is -1.30. The van der Waals surface area contributed by atoms with Gasteiger partial charge in [-0.1, -0.05) is 0 Å². The molecule has 0 aromatic heterocycles. The number of carboxylic acid groups (broad SMARTS) is 1. The zero-order chi connectivity index (χ0) is 8.97. The molecule has 68 valence electrons. The summed E-state index contributed by atoms with van der Waals surface area (Å²) in [6.07, 6.45) is -0.486. The first-order chi connectivity index (χ1) is 5.70. The zero-order valence-corrected chi connectivity index (χ0v) is 6.78. The second-order valence-corrected chi connectivity index (χ2v) is 2.80. The van der Waals surface area contributed by atoms with Gasteiger partial charge in [-0.15, -0.1) is 0 Å².